The van der Waals surface area contributed by atoms with Crippen LogP contribution in [0.15, 0.2) is 34.0 Å². The van der Waals surface area contributed by atoms with E-state index in [4.69, 9.17) is 22.1 Å². The van der Waals surface area contributed by atoms with Crippen molar-refractivity contribution in [3.63, 3.8) is 0 Å². The maximum atomic E-state index is 12.6. The van der Waals surface area contributed by atoms with Crippen LogP contribution in [0.4, 0.5) is 17.5 Å². The molecule has 39 heavy (non-hydrogen) atoms. The molecular weight excluding hydrogens is 566 g/mol. The van der Waals surface area contributed by atoms with Crippen molar-refractivity contribution in [1.82, 2.24) is 14.3 Å². The van der Waals surface area contributed by atoms with Gasteiger partial charge in [0.25, 0.3) is 0 Å². The number of aromatic nitrogens is 2. The molecule has 1 unspecified atom stereocenters. The number of aliphatic imine (C=N–C) groups is 1. The SMILES string of the molecule is CN=CC(Nc1nc(Nc2cc(C)c(C3CN(S(=O)O)C3)cc2OC(C)C)ncc1Cl)=C(N)S(=O)(=O)C(C)C. The fourth-order valence-electron chi connectivity index (χ4n) is 3.81. The highest BCUT2D eigenvalue weighted by Crippen LogP contribution is 2.38. The number of allylic oxidation sites excluding steroid dienone is 1. The summed E-state index contributed by atoms with van der Waals surface area (Å²) in [7, 11) is -2.29. The minimum atomic E-state index is -3.78. The molecule has 0 aliphatic carbocycles. The third kappa shape index (κ3) is 7.25. The zero-order chi connectivity index (χ0) is 29.1. The zero-order valence-corrected chi connectivity index (χ0v) is 25.0. The Hall–Kier alpha value is -2.78. The molecule has 0 saturated carbocycles. The Morgan fingerprint density at radius 1 is 1.33 bits per heavy atom. The first-order valence-corrected chi connectivity index (χ1v) is 15.1. The van der Waals surface area contributed by atoms with Crippen molar-refractivity contribution in [3.8, 4) is 5.75 Å². The van der Waals surface area contributed by atoms with Crippen molar-refractivity contribution in [1.29, 1.82) is 0 Å². The third-order valence-corrected chi connectivity index (χ3v) is 9.02. The number of nitrogens with two attached hydrogens (primary N) is 1. The topological polar surface area (TPSA) is 172 Å². The molecule has 2 heterocycles. The van der Waals surface area contributed by atoms with Crippen LogP contribution in [0.1, 0.15) is 44.7 Å². The highest BCUT2D eigenvalue weighted by molar-refractivity contribution is 7.95. The standard InChI is InChI=1S/C24H34ClN7O5S2/c1-13(2)37-21-8-17(16-11-32(12-16)38(33)34)15(5)7-19(21)30-24-28-9-18(25)23(31-24)29-20(10-27-6)22(26)39(35,36)14(3)4/h7-10,13-14,16H,11-12,26H2,1-6H3,(H,33,34)(H2,28,29,30,31). The first-order chi connectivity index (χ1) is 18.2. The average molecular weight is 600 g/mol. The van der Waals surface area contributed by atoms with E-state index in [1.807, 2.05) is 32.9 Å². The first kappa shape index (κ1) is 30.8. The molecular formula is C24H34ClN7O5S2. The minimum Gasteiger partial charge on any atom is -0.489 e. The molecule has 0 bridgehead atoms. The number of nitrogens with one attached hydrogen (secondary N) is 2. The molecule has 2 aromatic rings. The van der Waals surface area contributed by atoms with E-state index in [-0.39, 0.29) is 39.5 Å². The number of ether oxygens (including phenoxy) is 1. The molecule has 0 amide bonds. The van der Waals surface area contributed by atoms with Crippen molar-refractivity contribution in [3.05, 3.63) is 45.2 Å². The smallest absolute Gasteiger partial charge is 0.234 e. The highest BCUT2D eigenvalue weighted by Gasteiger charge is 2.33. The van der Waals surface area contributed by atoms with E-state index in [2.05, 4.69) is 25.6 Å². The lowest BCUT2D eigenvalue weighted by Gasteiger charge is -2.37. The second-order valence-corrected chi connectivity index (χ2v) is 13.4. The van der Waals surface area contributed by atoms with Crippen molar-refractivity contribution >= 4 is 56.4 Å². The molecule has 12 nitrogen and oxygen atoms in total. The zero-order valence-electron chi connectivity index (χ0n) is 22.6. The normalized spacial score (nSPS) is 16.4. The summed E-state index contributed by atoms with van der Waals surface area (Å²) in [6.45, 7) is 9.76. The van der Waals surface area contributed by atoms with Gasteiger partial charge in [0.05, 0.1) is 28.9 Å². The second kappa shape index (κ2) is 12.6. The first-order valence-electron chi connectivity index (χ1n) is 12.1. The summed E-state index contributed by atoms with van der Waals surface area (Å²) >= 11 is 4.33. The van der Waals surface area contributed by atoms with Gasteiger partial charge in [-0.25, -0.2) is 17.6 Å². The maximum absolute atomic E-state index is 12.6. The number of hydrogen-bond donors (Lipinski definition) is 4. The van der Waals surface area contributed by atoms with Crippen molar-refractivity contribution in [2.75, 3.05) is 30.8 Å². The molecule has 1 aromatic carbocycles. The molecule has 1 atom stereocenters. The predicted octanol–water partition coefficient (Wildman–Crippen LogP) is 3.57. The number of aryl methyl sites for hydroxylation is 1. The van der Waals surface area contributed by atoms with Gasteiger partial charge in [-0.2, -0.15) is 9.29 Å². The predicted molar refractivity (Wildman–Crippen MR) is 156 cm³/mol. The van der Waals surface area contributed by atoms with Gasteiger partial charge in [-0.3, -0.25) is 9.55 Å². The van der Waals surface area contributed by atoms with Gasteiger partial charge in [0, 0.05) is 32.3 Å². The summed E-state index contributed by atoms with van der Waals surface area (Å²) in [5.74, 6) is 0.960. The Labute approximate surface area is 236 Å². The molecule has 1 aliphatic heterocycles. The van der Waals surface area contributed by atoms with Crippen molar-refractivity contribution < 1.29 is 21.9 Å². The van der Waals surface area contributed by atoms with Gasteiger partial charge in [-0.05, 0) is 57.9 Å². The molecule has 1 saturated heterocycles. The van der Waals surface area contributed by atoms with Gasteiger partial charge >= 0.3 is 0 Å². The summed E-state index contributed by atoms with van der Waals surface area (Å²) in [5, 5.41) is 5.04. The van der Waals surface area contributed by atoms with Gasteiger partial charge in [0.1, 0.15) is 10.8 Å². The van der Waals surface area contributed by atoms with Crippen LogP contribution in [0.2, 0.25) is 5.02 Å². The second-order valence-electron chi connectivity index (χ2n) is 9.55. The van der Waals surface area contributed by atoms with Crippen molar-refractivity contribution in [2.45, 2.75) is 51.9 Å². The van der Waals surface area contributed by atoms with Gasteiger partial charge in [0.2, 0.25) is 17.2 Å². The van der Waals surface area contributed by atoms with Crippen LogP contribution in [0.5, 0.6) is 5.75 Å². The van der Waals surface area contributed by atoms with Crippen molar-refractivity contribution in [2.24, 2.45) is 10.7 Å². The van der Waals surface area contributed by atoms with Crippen LogP contribution < -0.4 is 21.1 Å². The maximum Gasteiger partial charge on any atom is 0.234 e. The summed E-state index contributed by atoms with van der Waals surface area (Å²) < 4.78 is 53.4. The third-order valence-electron chi connectivity index (χ3n) is 5.93. The van der Waals surface area contributed by atoms with Gasteiger partial charge in [-0.1, -0.05) is 11.6 Å². The van der Waals surface area contributed by atoms with Crippen LogP contribution in [0.25, 0.3) is 0 Å². The van der Waals surface area contributed by atoms with Crippen LogP contribution in [0, 0.1) is 6.92 Å². The van der Waals surface area contributed by atoms with Gasteiger partial charge < -0.3 is 21.1 Å². The monoisotopic (exact) mass is 599 g/mol. The lowest BCUT2D eigenvalue weighted by Crippen LogP contribution is -2.45. The summed E-state index contributed by atoms with van der Waals surface area (Å²) in [4.78, 5) is 12.6. The molecule has 1 aliphatic rings. The van der Waals surface area contributed by atoms with E-state index in [1.165, 1.54) is 37.6 Å². The lowest BCUT2D eigenvalue weighted by molar-refractivity contribution is 0.240. The molecule has 1 aromatic heterocycles. The lowest BCUT2D eigenvalue weighted by atomic mass is 9.89. The Balaban J connectivity index is 1.95. The van der Waals surface area contributed by atoms with E-state index in [9.17, 15) is 17.2 Å². The Morgan fingerprint density at radius 2 is 2.00 bits per heavy atom. The van der Waals surface area contributed by atoms with E-state index < -0.39 is 26.4 Å². The molecule has 0 spiro atoms. The average Bonchev–Trinajstić information content (AvgIpc) is 2.81. The van der Waals surface area contributed by atoms with Gasteiger partial charge in [0.15, 0.2) is 20.7 Å². The Kier molecular flexibility index (Phi) is 9.93. The molecule has 3 rings (SSSR count). The minimum absolute atomic E-state index is 0.0279. The Morgan fingerprint density at radius 3 is 2.56 bits per heavy atom. The fraction of sp³-hybridized carbons (Fsp3) is 0.458. The summed E-state index contributed by atoms with van der Waals surface area (Å²) in [6.07, 6.45) is 2.53. The van der Waals surface area contributed by atoms with Crippen LogP contribution in [-0.2, 0) is 21.1 Å². The van der Waals surface area contributed by atoms with E-state index in [1.54, 1.807) is 0 Å². The number of sulfone groups is 1. The van der Waals surface area contributed by atoms with E-state index >= 15 is 0 Å². The molecule has 5 N–H and O–H groups in total. The number of halogens is 1. The molecule has 15 heteroatoms. The summed E-state index contributed by atoms with van der Waals surface area (Å²) in [6, 6.07) is 3.82. The number of rotatable bonds is 11. The number of nitrogens with zero attached hydrogens (tertiary/aromatic N) is 4. The van der Waals surface area contributed by atoms with E-state index in [0.717, 1.165) is 11.1 Å². The van der Waals surface area contributed by atoms with Gasteiger partial charge in [-0.15, -0.1) is 0 Å². The quantitative estimate of drug-likeness (QED) is 0.221. The number of benzene rings is 1. The fourth-order valence-corrected chi connectivity index (χ4v) is 5.48. The highest BCUT2D eigenvalue weighted by atomic mass is 35.5. The molecule has 214 valence electrons. The molecule has 1 fully saturated rings. The Bertz CT molecular complexity index is 1410. The van der Waals surface area contributed by atoms with Crippen LogP contribution >= 0.6 is 11.6 Å². The summed E-state index contributed by atoms with van der Waals surface area (Å²) in [5.41, 5.74) is 8.61. The van der Waals surface area contributed by atoms with E-state index in [0.29, 0.717) is 24.5 Å². The number of hydrogen-bond acceptors (Lipinski definition) is 10. The largest absolute Gasteiger partial charge is 0.489 e. The number of anilines is 3. The van der Waals surface area contributed by atoms with Crippen LogP contribution in [0.3, 0.4) is 0 Å². The van der Waals surface area contributed by atoms with Crippen LogP contribution in [-0.4, -0.2) is 69.2 Å². The molecule has 0 radical (unpaired) electrons.